The smallest absolute Gasteiger partial charge is 0.253 e. The van der Waals surface area contributed by atoms with Crippen LogP contribution in [-0.2, 0) is 7.05 Å². The molecule has 1 unspecified atom stereocenters. The molecule has 0 fully saturated rings. The Bertz CT molecular complexity index is 1230. The van der Waals surface area contributed by atoms with E-state index in [1.165, 1.54) is 6.07 Å². The molecule has 1 aromatic carbocycles. The van der Waals surface area contributed by atoms with Crippen LogP contribution in [0.4, 0.5) is 10.2 Å². The van der Waals surface area contributed by atoms with Gasteiger partial charge in [0, 0.05) is 34.8 Å². The molecule has 28 heavy (non-hydrogen) atoms. The zero-order chi connectivity index (χ0) is 19.8. The number of benzene rings is 1. The highest BCUT2D eigenvalue weighted by Gasteiger charge is 2.14. The number of imidazole rings is 1. The van der Waals surface area contributed by atoms with E-state index in [0.717, 1.165) is 11.3 Å². The predicted octanol–water partition coefficient (Wildman–Crippen LogP) is 4.29. The molecule has 142 valence electrons. The zero-order valence-electron chi connectivity index (χ0n) is 15.2. The van der Waals surface area contributed by atoms with E-state index in [0.29, 0.717) is 16.8 Å². The maximum absolute atomic E-state index is 14.0. The number of pyridine rings is 2. The first kappa shape index (κ1) is 18.2. The maximum Gasteiger partial charge on any atom is 0.253 e. The van der Waals surface area contributed by atoms with E-state index in [4.69, 9.17) is 11.6 Å². The van der Waals surface area contributed by atoms with Crippen LogP contribution in [0.3, 0.4) is 0 Å². The van der Waals surface area contributed by atoms with Crippen LogP contribution in [0.5, 0.6) is 0 Å². The topological polar surface area (TPSA) is 75.6 Å². The molecule has 0 radical (unpaired) electrons. The highest BCUT2D eigenvalue weighted by Crippen LogP contribution is 2.25. The molecule has 4 aromatic rings. The number of fused-ring (bicyclic) bond motifs is 1. The summed E-state index contributed by atoms with van der Waals surface area (Å²) in [4.78, 5) is 23.5. The second-order valence-corrected chi connectivity index (χ2v) is 7.03. The molecule has 3 aromatic heterocycles. The molecule has 0 aliphatic heterocycles. The summed E-state index contributed by atoms with van der Waals surface area (Å²) in [6.45, 7) is 1.84. The number of anilines is 1. The van der Waals surface area contributed by atoms with Crippen LogP contribution in [0, 0.1) is 5.82 Å². The molecule has 0 saturated carbocycles. The minimum atomic E-state index is -0.558. The second-order valence-electron chi connectivity index (χ2n) is 6.59. The summed E-state index contributed by atoms with van der Waals surface area (Å²) in [7, 11) is 1.91. The minimum absolute atomic E-state index is 0.140. The summed E-state index contributed by atoms with van der Waals surface area (Å²) in [6, 6.07) is 7.86. The molecule has 8 heteroatoms. The molecule has 3 heterocycles. The maximum atomic E-state index is 14.0. The first-order chi connectivity index (χ1) is 13.4. The molecule has 0 aliphatic carbocycles. The molecule has 0 spiro atoms. The first-order valence-corrected chi connectivity index (χ1v) is 9.01. The van der Waals surface area contributed by atoms with Crippen molar-refractivity contribution in [2.45, 2.75) is 13.0 Å². The van der Waals surface area contributed by atoms with Gasteiger partial charge < -0.3 is 14.9 Å². The Labute approximate surface area is 165 Å². The van der Waals surface area contributed by atoms with E-state index >= 15 is 0 Å². The average molecular weight is 398 g/mol. The molecule has 6 nitrogen and oxygen atoms in total. The van der Waals surface area contributed by atoms with Gasteiger partial charge in [-0.2, -0.15) is 0 Å². The summed E-state index contributed by atoms with van der Waals surface area (Å²) < 4.78 is 15.9. The zero-order valence-corrected chi connectivity index (χ0v) is 16.0. The highest BCUT2D eigenvalue weighted by molar-refractivity contribution is 6.31. The van der Waals surface area contributed by atoms with Gasteiger partial charge in [-0.3, -0.25) is 4.79 Å². The predicted molar refractivity (Wildman–Crippen MR) is 108 cm³/mol. The molecule has 0 amide bonds. The normalized spacial score (nSPS) is 12.3. The van der Waals surface area contributed by atoms with Crippen LogP contribution in [-0.4, -0.2) is 19.5 Å². The number of hydrogen-bond acceptors (Lipinski definition) is 4. The summed E-state index contributed by atoms with van der Waals surface area (Å²) in [6.07, 6.45) is 5.19. The molecule has 0 aliphatic rings. The summed E-state index contributed by atoms with van der Waals surface area (Å²) >= 11 is 5.94. The van der Waals surface area contributed by atoms with Crippen molar-refractivity contribution in [2.24, 2.45) is 7.05 Å². The summed E-state index contributed by atoms with van der Waals surface area (Å²) in [5.41, 5.74) is 2.14. The van der Waals surface area contributed by atoms with Crippen LogP contribution in [0.2, 0.25) is 5.02 Å². The molecule has 0 saturated heterocycles. The van der Waals surface area contributed by atoms with Gasteiger partial charge in [0.05, 0.1) is 29.8 Å². The van der Waals surface area contributed by atoms with Gasteiger partial charge in [-0.25, -0.2) is 14.4 Å². The Kier molecular flexibility index (Phi) is 4.60. The fourth-order valence-corrected chi connectivity index (χ4v) is 3.40. The summed E-state index contributed by atoms with van der Waals surface area (Å²) in [5.74, 6) is 0.0558. The SMILES string of the molecule is CC(Nc1cc(-c2cncn2C)ccn1)c1cc2cc(Cl)cc(F)c2[nH]c1=O. The Hall–Kier alpha value is -3.19. The number of nitrogens with zero attached hydrogens (tertiary/aromatic N) is 3. The summed E-state index contributed by atoms with van der Waals surface area (Å²) in [5, 5.41) is 4.03. The fourth-order valence-electron chi connectivity index (χ4n) is 3.18. The van der Waals surface area contributed by atoms with Crippen molar-refractivity contribution in [3.8, 4) is 11.3 Å². The number of H-pyrrole nitrogens is 1. The number of hydrogen-bond donors (Lipinski definition) is 2. The number of rotatable bonds is 4. The van der Waals surface area contributed by atoms with Gasteiger partial charge >= 0.3 is 0 Å². The lowest BCUT2D eigenvalue weighted by Crippen LogP contribution is -2.20. The Morgan fingerprint density at radius 3 is 2.86 bits per heavy atom. The monoisotopic (exact) mass is 397 g/mol. The van der Waals surface area contributed by atoms with Crippen LogP contribution in [0.15, 0.2) is 53.8 Å². The van der Waals surface area contributed by atoms with E-state index in [1.54, 1.807) is 30.9 Å². The molecule has 1 atom stereocenters. The van der Waals surface area contributed by atoms with Crippen molar-refractivity contribution in [2.75, 3.05) is 5.32 Å². The lowest BCUT2D eigenvalue weighted by molar-refractivity contribution is 0.636. The van der Waals surface area contributed by atoms with E-state index in [1.807, 2.05) is 30.7 Å². The fraction of sp³-hybridized carbons (Fsp3) is 0.150. The van der Waals surface area contributed by atoms with Crippen LogP contribution in [0.25, 0.3) is 22.2 Å². The number of aromatic nitrogens is 4. The van der Waals surface area contributed by atoms with E-state index < -0.39 is 5.82 Å². The molecular formula is C20H17ClFN5O. The lowest BCUT2D eigenvalue weighted by Gasteiger charge is -2.16. The van der Waals surface area contributed by atoms with Crippen LogP contribution >= 0.6 is 11.6 Å². The Morgan fingerprint density at radius 1 is 1.29 bits per heavy atom. The number of halogens is 2. The molecule has 0 bridgehead atoms. The molecule has 4 rings (SSSR count). The first-order valence-electron chi connectivity index (χ1n) is 8.63. The third-order valence-electron chi connectivity index (χ3n) is 4.60. The van der Waals surface area contributed by atoms with Gasteiger partial charge in [0.25, 0.3) is 5.56 Å². The standard InChI is InChI=1S/C20H17ClFN5O/c1-11(15-6-13-5-14(21)8-16(22)19(13)26-20(15)28)25-18-7-12(3-4-24-18)17-9-23-10-27(17)2/h3-11H,1-2H3,(H,24,25)(H,26,28). The highest BCUT2D eigenvalue weighted by atomic mass is 35.5. The third kappa shape index (κ3) is 3.36. The number of aromatic amines is 1. The van der Waals surface area contributed by atoms with Crippen molar-refractivity contribution in [1.29, 1.82) is 0 Å². The molecule has 2 N–H and O–H groups in total. The third-order valence-corrected chi connectivity index (χ3v) is 4.82. The van der Waals surface area contributed by atoms with Gasteiger partial charge in [-0.15, -0.1) is 0 Å². The van der Waals surface area contributed by atoms with Crippen molar-refractivity contribution in [1.82, 2.24) is 19.5 Å². The van der Waals surface area contributed by atoms with Crippen LogP contribution in [0.1, 0.15) is 18.5 Å². The molecular weight excluding hydrogens is 381 g/mol. The minimum Gasteiger partial charge on any atom is -0.363 e. The van der Waals surface area contributed by atoms with Gasteiger partial charge in [-0.1, -0.05) is 11.6 Å². The van der Waals surface area contributed by atoms with Crippen molar-refractivity contribution in [3.63, 3.8) is 0 Å². The van der Waals surface area contributed by atoms with E-state index in [-0.39, 0.29) is 22.1 Å². The van der Waals surface area contributed by atoms with Crippen molar-refractivity contribution < 1.29 is 4.39 Å². The second kappa shape index (κ2) is 7.09. The van der Waals surface area contributed by atoms with Crippen LogP contribution < -0.4 is 10.9 Å². The van der Waals surface area contributed by atoms with E-state index in [9.17, 15) is 9.18 Å². The van der Waals surface area contributed by atoms with Gasteiger partial charge in [0.2, 0.25) is 0 Å². The van der Waals surface area contributed by atoms with Gasteiger partial charge in [-0.05, 0) is 37.3 Å². The Morgan fingerprint density at radius 2 is 2.11 bits per heavy atom. The van der Waals surface area contributed by atoms with Gasteiger partial charge in [0.15, 0.2) is 0 Å². The van der Waals surface area contributed by atoms with Crippen molar-refractivity contribution in [3.05, 3.63) is 75.8 Å². The number of aryl methyl sites for hydroxylation is 1. The number of nitrogens with one attached hydrogen (secondary N) is 2. The lowest BCUT2D eigenvalue weighted by atomic mass is 10.1. The average Bonchev–Trinajstić information content (AvgIpc) is 3.08. The van der Waals surface area contributed by atoms with Gasteiger partial charge in [0.1, 0.15) is 11.6 Å². The largest absolute Gasteiger partial charge is 0.363 e. The Balaban J connectivity index is 1.67. The quantitative estimate of drug-likeness (QED) is 0.538. The van der Waals surface area contributed by atoms with E-state index in [2.05, 4.69) is 20.3 Å². The van der Waals surface area contributed by atoms with Crippen molar-refractivity contribution >= 4 is 28.3 Å².